The fourth-order valence-corrected chi connectivity index (χ4v) is 2.60. The van der Waals surface area contributed by atoms with Gasteiger partial charge in [0.25, 0.3) is 0 Å². The zero-order valence-electron chi connectivity index (χ0n) is 10.1. The van der Waals surface area contributed by atoms with Crippen LogP contribution in [-0.2, 0) is 11.2 Å². The summed E-state index contributed by atoms with van der Waals surface area (Å²) in [5, 5.41) is 9.04. The Bertz CT molecular complexity index is 438. The van der Waals surface area contributed by atoms with E-state index in [1.165, 1.54) is 12.5 Å². The van der Waals surface area contributed by atoms with Gasteiger partial charge in [0, 0.05) is 0 Å². The highest BCUT2D eigenvalue weighted by Crippen LogP contribution is 2.47. The summed E-state index contributed by atoms with van der Waals surface area (Å²) >= 11 is 0. The average molecular weight is 227 g/mol. The molecule has 1 saturated carbocycles. The molecule has 1 aromatic carbocycles. The third kappa shape index (κ3) is 2.39. The lowest BCUT2D eigenvalue weighted by molar-refractivity contribution is -0.129. The van der Waals surface area contributed by atoms with Gasteiger partial charge in [-0.05, 0) is 44.1 Å². The van der Waals surface area contributed by atoms with E-state index in [9.17, 15) is 4.79 Å². The first-order chi connectivity index (χ1) is 8.16. The number of carbonyl (C=O) groups is 1. The summed E-state index contributed by atoms with van der Waals surface area (Å²) in [5.41, 5.74) is 0.686. The average Bonchev–Trinajstić information content (AvgIpc) is 2.29. The number of ketones is 1. The Balaban J connectivity index is 1.82. The molecule has 1 aromatic rings. The van der Waals surface area contributed by atoms with Crippen LogP contribution < -0.4 is 0 Å². The fraction of sp³-hybridized carbons (Fsp3) is 0.467. The van der Waals surface area contributed by atoms with Crippen LogP contribution in [0.3, 0.4) is 0 Å². The maximum atomic E-state index is 11.4. The highest BCUT2D eigenvalue weighted by atomic mass is 16.1. The number of Topliss-reactive ketones (excluding diaryl/α,β-unsaturated/α-hetero) is 1. The maximum absolute atomic E-state index is 11.4. The Labute approximate surface area is 102 Å². The van der Waals surface area contributed by atoms with Crippen LogP contribution >= 0.6 is 0 Å². The van der Waals surface area contributed by atoms with E-state index in [-0.39, 0.29) is 5.78 Å². The molecule has 0 N–H and O–H groups in total. The van der Waals surface area contributed by atoms with Crippen molar-refractivity contribution in [3.8, 4) is 6.07 Å². The van der Waals surface area contributed by atoms with Crippen molar-refractivity contribution < 1.29 is 4.79 Å². The van der Waals surface area contributed by atoms with Crippen LogP contribution in [0.5, 0.6) is 0 Å². The summed E-state index contributed by atoms with van der Waals surface area (Å²) < 4.78 is 0. The van der Waals surface area contributed by atoms with Crippen molar-refractivity contribution >= 4 is 5.78 Å². The third-order valence-corrected chi connectivity index (χ3v) is 3.85. The molecule has 0 unspecified atom stereocenters. The molecule has 2 rings (SSSR count). The van der Waals surface area contributed by atoms with Gasteiger partial charge in [0.15, 0.2) is 0 Å². The molecule has 0 aromatic heterocycles. The number of nitriles is 1. The first kappa shape index (κ1) is 11.9. The monoisotopic (exact) mass is 227 g/mol. The molecule has 88 valence electrons. The second-order valence-electron chi connectivity index (χ2n) is 5.05. The third-order valence-electron chi connectivity index (χ3n) is 3.85. The maximum Gasteiger partial charge on any atom is 0.150 e. The summed E-state index contributed by atoms with van der Waals surface area (Å²) in [6, 6.07) is 12.6. The number of rotatable bonds is 4. The van der Waals surface area contributed by atoms with E-state index in [0.29, 0.717) is 5.92 Å². The van der Waals surface area contributed by atoms with Crippen molar-refractivity contribution in [2.75, 3.05) is 0 Å². The Morgan fingerprint density at radius 1 is 1.41 bits per heavy atom. The molecule has 0 atom stereocenters. The predicted octanol–water partition coefficient (Wildman–Crippen LogP) is 3.13. The highest BCUT2D eigenvalue weighted by molar-refractivity contribution is 5.86. The van der Waals surface area contributed by atoms with Gasteiger partial charge in [0.05, 0.1) is 6.07 Å². The van der Waals surface area contributed by atoms with Gasteiger partial charge < -0.3 is 0 Å². The van der Waals surface area contributed by atoms with E-state index in [2.05, 4.69) is 18.2 Å². The van der Waals surface area contributed by atoms with Crippen molar-refractivity contribution in [2.24, 2.45) is 11.3 Å². The lowest BCUT2D eigenvalue weighted by Crippen LogP contribution is -2.41. The van der Waals surface area contributed by atoms with Crippen LogP contribution in [0.15, 0.2) is 30.3 Å². The summed E-state index contributed by atoms with van der Waals surface area (Å²) in [6.45, 7) is 1.54. The second kappa shape index (κ2) is 4.71. The molecule has 0 heterocycles. The van der Waals surface area contributed by atoms with E-state index >= 15 is 0 Å². The molecule has 0 spiro atoms. The molecule has 2 heteroatoms. The Morgan fingerprint density at radius 3 is 2.59 bits per heavy atom. The zero-order valence-corrected chi connectivity index (χ0v) is 10.1. The number of nitrogens with zero attached hydrogens (tertiary/aromatic N) is 1. The molecular weight excluding hydrogens is 210 g/mol. The molecule has 1 fully saturated rings. The summed E-state index contributed by atoms with van der Waals surface area (Å²) in [7, 11) is 0. The van der Waals surface area contributed by atoms with Crippen LogP contribution in [-0.4, -0.2) is 5.78 Å². The van der Waals surface area contributed by atoms with Crippen LogP contribution in [0.4, 0.5) is 0 Å². The number of benzene rings is 1. The predicted molar refractivity (Wildman–Crippen MR) is 66.2 cm³/mol. The van der Waals surface area contributed by atoms with Crippen LogP contribution in [0, 0.1) is 22.7 Å². The quantitative estimate of drug-likeness (QED) is 0.793. The van der Waals surface area contributed by atoms with E-state index < -0.39 is 5.41 Å². The van der Waals surface area contributed by atoms with E-state index in [1.807, 2.05) is 18.2 Å². The minimum absolute atomic E-state index is 0.0379. The fourth-order valence-electron chi connectivity index (χ4n) is 2.60. The standard InChI is InChI=1S/C15H17NO/c1-12(17)15(11-16)9-14(10-15)8-7-13-5-3-2-4-6-13/h2-6,14H,7-10H2,1H3. The lowest BCUT2D eigenvalue weighted by Gasteiger charge is -2.40. The number of carbonyl (C=O) groups excluding carboxylic acids is 1. The topological polar surface area (TPSA) is 40.9 Å². The number of hydrogen-bond donors (Lipinski definition) is 0. The largest absolute Gasteiger partial charge is 0.298 e. The van der Waals surface area contributed by atoms with E-state index in [4.69, 9.17) is 5.26 Å². The molecular formula is C15H17NO. The van der Waals surface area contributed by atoms with Crippen molar-refractivity contribution in [3.05, 3.63) is 35.9 Å². The van der Waals surface area contributed by atoms with Gasteiger partial charge in [0.1, 0.15) is 11.2 Å². The molecule has 2 nitrogen and oxygen atoms in total. The highest BCUT2D eigenvalue weighted by Gasteiger charge is 2.47. The Morgan fingerprint density at radius 2 is 2.06 bits per heavy atom. The van der Waals surface area contributed by atoms with Crippen molar-refractivity contribution in [2.45, 2.75) is 32.6 Å². The van der Waals surface area contributed by atoms with Crippen LogP contribution in [0.2, 0.25) is 0 Å². The van der Waals surface area contributed by atoms with Gasteiger partial charge in [-0.1, -0.05) is 30.3 Å². The summed E-state index contributed by atoms with van der Waals surface area (Å²) in [5.74, 6) is 0.578. The molecule has 0 saturated heterocycles. The first-order valence-corrected chi connectivity index (χ1v) is 6.12. The van der Waals surface area contributed by atoms with Crippen molar-refractivity contribution in [1.82, 2.24) is 0 Å². The van der Waals surface area contributed by atoms with Gasteiger partial charge in [0.2, 0.25) is 0 Å². The second-order valence-corrected chi connectivity index (χ2v) is 5.05. The first-order valence-electron chi connectivity index (χ1n) is 6.12. The smallest absolute Gasteiger partial charge is 0.150 e. The molecule has 1 aliphatic rings. The molecule has 0 aliphatic heterocycles. The normalized spacial score (nSPS) is 26.9. The van der Waals surface area contributed by atoms with Crippen LogP contribution in [0.25, 0.3) is 0 Å². The van der Waals surface area contributed by atoms with Gasteiger partial charge in [-0.2, -0.15) is 5.26 Å². The lowest BCUT2D eigenvalue weighted by atomic mass is 9.59. The minimum Gasteiger partial charge on any atom is -0.298 e. The Hall–Kier alpha value is -1.62. The van der Waals surface area contributed by atoms with Crippen molar-refractivity contribution in [3.63, 3.8) is 0 Å². The van der Waals surface area contributed by atoms with Crippen molar-refractivity contribution in [1.29, 1.82) is 5.26 Å². The molecule has 0 amide bonds. The van der Waals surface area contributed by atoms with Gasteiger partial charge in [-0.3, -0.25) is 4.79 Å². The molecule has 17 heavy (non-hydrogen) atoms. The minimum atomic E-state index is -0.651. The number of aryl methyl sites for hydroxylation is 1. The van der Waals surface area contributed by atoms with E-state index in [0.717, 1.165) is 25.7 Å². The van der Waals surface area contributed by atoms with Gasteiger partial charge in [-0.25, -0.2) is 0 Å². The number of hydrogen-bond acceptors (Lipinski definition) is 2. The Kier molecular flexibility index (Phi) is 3.28. The summed E-state index contributed by atoms with van der Waals surface area (Å²) in [6.07, 6.45) is 3.64. The molecule has 1 aliphatic carbocycles. The molecule has 0 bridgehead atoms. The van der Waals surface area contributed by atoms with Crippen LogP contribution in [0.1, 0.15) is 31.7 Å². The SMILES string of the molecule is CC(=O)C1(C#N)CC(CCc2ccccc2)C1. The zero-order chi connectivity index (χ0) is 12.3. The summed E-state index contributed by atoms with van der Waals surface area (Å²) in [4.78, 5) is 11.4. The van der Waals surface area contributed by atoms with Gasteiger partial charge in [-0.15, -0.1) is 0 Å². The van der Waals surface area contributed by atoms with Gasteiger partial charge >= 0.3 is 0 Å². The van der Waals surface area contributed by atoms with E-state index in [1.54, 1.807) is 0 Å². The molecule has 0 radical (unpaired) electrons.